The van der Waals surface area contributed by atoms with Gasteiger partial charge in [0, 0.05) is 17.3 Å². The van der Waals surface area contributed by atoms with E-state index >= 15 is 0 Å². The van der Waals surface area contributed by atoms with Gasteiger partial charge in [-0.3, -0.25) is 4.79 Å². The fourth-order valence-corrected chi connectivity index (χ4v) is 4.45. The van der Waals surface area contributed by atoms with E-state index in [1.54, 1.807) is 11.6 Å². The lowest BCUT2D eigenvalue weighted by molar-refractivity contribution is -0.118. The molecular formula is C13H12ClFN4O3S2. The van der Waals surface area contributed by atoms with Crippen molar-refractivity contribution in [2.24, 2.45) is 0 Å². The minimum atomic E-state index is -3.84. The van der Waals surface area contributed by atoms with E-state index in [1.807, 2.05) is 0 Å². The Morgan fingerprint density at radius 1 is 1.42 bits per heavy atom. The third kappa shape index (κ3) is 3.90. The van der Waals surface area contributed by atoms with E-state index in [-0.39, 0.29) is 17.1 Å². The van der Waals surface area contributed by atoms with Crippen molar-refractivity contribution < 1.29 is 17.6 Å². The molecule has 3 rings (SSSR count). The molecule has 1 aromatic carbocycles. The zero-order chi connectivity index (χ0) is 17.3. The third-order valence-electron chi connectivity index (χ3n) is 3.32. The van der Waals surface area contributed by atoms with Gasteiger partial charge in [-0.05, 0) is 24.6 Å². The summed E-state index contributed by atoms with van der Waals surface area (Å²) >= 11 is 6.96. The first-order chi connectivity index (χ1) is 11.3. The molecule has 1 aliphatic heterocycles. The van der Waals surface area contributed by atoms with Crippen molar-refractivity contribution in [1.29, 1.82) is 0 Å². The molecule has 11 heteroatoms. The number of carbonyl (C=O) groups excluding carboxylic acids is 1. The lowest BCUT2D eigenvalue weighted by Gasteiger charge is -2.29. The molecule has 1 aliphatic rings. The van der Waals surface area contributed by atoms with Crippen LogP contribution in [0.3, 0.4) is 0 Å². The summed E-state index contributed by atoms with van der Waals surface area (Å²) in [6, 6.07) is 2.12. The van der Waals surface area contributed by atoms with Crippen LogP contribution in [-0.4, -0.2) is 25.4 Å². The first kappa shape index (κ1) is 17.2. The van der Waals surface area contributed by atoms with Crippen LogP contribution in [-0.2, 0) is 15.0 Å². The van der Waals surface area contributed by atoms with E-state index in [4.69, 9.17) is 11.6 Å². The second kappa shape index (κ2) is 6.73. The molecule has 1 aromatic heterocycles. The van der Waals surface area contributed by atoms with Gasteiger partial charge in [-0.2, -0.15) is 17.9 Å². The smallest absolute Gasteiger partial charge is 0.278 e. The van der Waals surface area contributed by atoms with Crippen LogP contribution in [0.1, 0.15) is 17.5 Å². The highest BCUT2D eigenvalue weighted by atomic mass is 35.5. The van der Waals surface area contributed by atoms with Crippen molar-refractivity contribution in [2.45, 2.75) is 18.5 Å². The van der Waals surface area contributed by atoms with Crippen LogP contribution in [0.4, 0.5) is 10.1 Å². The molecule has 1 saturated heterocycles. The van der Waals surface area contributed by atoms with E-state index < -0.39 is 34.0 Å². The summed E-state index contributed by atoms with van der Waals surface area (Å²) in [5, 5.41) is 4.68. The largest absolute Gasteiger partial charge is 0.325 e. The number of halogens is 2. The van der Waals surface area contributed by atoms with Crippen molar-refractivity contribution in [1.82, 2.24) is 14.4 Å². The molecule has 0 aliphatic carbocycles. The second-order valence-electron chi connectivity index (χ2n) is 5.07. The maximum Gasteiger partial charge on any atom is 0.278 e. The molecule has 7 nitrogen and oxygen atoms in total. The Hall–Kier alpha value is -1.59. The summed E-state index contributed by atoms with van der Waals surface area (Å²) in [5.74, 6) is -1.18. The monoisotopic (exact) mass is 390 g/mol. The highest BCUT2D eigenvalue weighted by Gasteiger charge is 2.36. The van der Waals surface area contributed by atoms with Gasteiger partial charge in [0.15, 0.2) is 0 Å². The number of rotatable bonds is 3. The van der Waals surface area contributed by atoms with Gasteiger partial charge >= 0.3 is 0 Å². The molecule has 0 radical (unpaired) electrons. The van der Waals surface area contributed by atoms with Gasteiger partial charge in [-0.1, -0.05) is 11.6 Å². The summed E-state index contributed by atoms with van der Waals surface area (Å²) in [6.07, 6.45) is 1.75. The Bertz CT molecular complexity index is 860. The molecule has 0 bridgehead atoms. The summed E-state index contributed by atoms with van der Waals surface area (Å²) in [4.78, 5) is 16.4. The molecule has 2 heterocycles. The van der Waals surface area contributed by atoms with Gasteiger partial charge in [0.1, 0.15) is 16.9 Å². The van der Waals surface area contributed by atoms with Crippen molar-refractivity contribution in [2.75, 3.05) is 5.32 Å². The number of thiazole rings is 1. The Morgan fingerprint density at radius 2 is 2.21 bits per heavy atom. The van der Waals surface area contributed by atoms with Crippen LogP contribution in [0.15, 0.2) is 29.8 Å². The van der Waals surface area contributed by atoms with E-state index in [0.29, 0.717) is 5.01 Å². The van der Waals surface area contributed by atoms with Crippen LogP contribution in [0, 0.1) is 5.82 Å². The molecule has 2 atom stereocenters. The fraction of sp³-hybridized carbons (Fsp3) is 0.231. The van der Waals surface area contributed by atoms with Crippen molar-refractivity contribution in [3.63, 3.8) is 0 Å². The number of nitrogens with one attached hydrogen (secondary N) is 3. The number of benzene rings is 1. The highest BCUT2D eigenvalue weighted by Crippen LogP contribution is 2.26. The maximum absolute atomic E-state index is 13.2. The molecule has 2 unspecified atom stereocenters. The quantitative estimate of drug-likeness (QED) is 0.744. The third-order valence-corrected chi connectivity index (χ3v) is 5.69. The number of anilines is 1. The van der Waals surface area contributed by atoms with Gasteiger partial charge < -0.3 is 5.32 Å². The Kier molecular flexibility index (Phi) is 4.83. The minimum Gasteiger partial charge on any atom is -0.325 e. The van der Waals surface area contributed by atoms with E-state index in [0.717, 1.165) is 6.07 Å². The number of aromatic nitrogens is 1. The van der Waals surface area contributed by atoms with Crippen molar-refractivity contribution in [3.05, 3.63) is 45.6 Å². The molecular weight excluding hydrogens is 379 g/mol. The summed E-state index contributed by atoms with van der Waals surface area (Å²) < 4.78 is 41.7. The first-order valence-electron chi connectivity index (χ1n) is 6.79. The van der Waals surface area contributed by atoms with Crippen LogP contribution in [0.5, 0.6) is 0 Å². The van der Waals surface area contributed by atoms with Crippen LogP contribution in [0.25, 0.3) is 0 Å². The minimum absolute atomic E-state index is 0.139. The lowest BCUT2D eigenvalue weighted by Crippen LogP contribution is -2.55. The summed E-state index contributed by atoms with van der Waals surface area (Å²) in [5.41, 5.74) is 0.273. The fourth-order valence-electron chi connectivity index (χ4n) is 2.26. The molecule has 24 heavy (non-hydrogen) atoms. The van der Waals surface area contributed by atoms with Crippen LogP contribution in [0.2, 0.25) is 5.02 Å². The Morgan fingerprint density at radius 3 is 2.88 bits per heavy atom. The van der Waals surface area contributed by atoms with E-state index in [9.17, 15) is 17.6 Å². The zero-order valence-corrected chi connectivity index (χ0v) is 14.4. The number of amides is 1. The van der Waals surface area contributed by atoms with Gasteiger partial charge in [0.2, 0.25) is 5.91 Å². The molecule has 1 fully saturated rings. The summed E-state index contributed by atoms with van der Waals surface area (Å²) in [6.45, 7) is 0. The second-order valence-corrected chi connectivity index (χ2v) is 7.88. The number of hydrogen-bond acceptors (Lipinski definition) is 5. The molecule has 3 N–H and O–H groups in total. The normalized spacial score (nSPS) is 22.9. The molecule has 0 saturated carbocycles. The van der Waals surface area contributed by atoms with Crippen molar-refractivity contribution in [3.8, 4) is 0 Å². The topological polar surface area (TPSA) is 100 Å². The summed E-state index contributed by atoms with van der Waals surface area (Å²) in [7, 11) is -3.84. The van der Waals surface area contributed by atoms with E-state index in [2.05, 4.69) is 19.7 Å². The number of carbonyl (C=O) groups is 1. The Labute approximate surface area is 146 Å². The van der Waals surface area contributed by atoms with Crippen LogP contribution >= 0.6 is 22.9 Å². The van der Waals surface area contributed by atoms with Gasteiger partial charge in [0.25, 0.3) is 10.2 Å². The average Bonchev–Trinajstić information content (AvgIpc) is 3.04. The van der Waals surface area contributed by atoms with Crippen LogP contribution < -0.4 is 14.8 Å². The van der Waals surface area contributed by atoms with Gasteiger partial charge in [0.05, 0.1) is 11.1 Å². The number of hydrogen-bond donors (Lipinski definition) is 3. The average molecular weight is 391 g/mol. The van der Waals surface area contributed by atoms with E-state index in [1.165, 1.54) is 23.5 Å². The predicted octanol–water partition coefficient (Wildman–Crippen LogP) is 1.81. The molecule has 128 valence electrons. The van der Waals surface area contributed by atoms with Gasteiger partial charge in [-0.15, -0.1) is 11.3 Å². The molecule has 1 amide bonds. The Balaban J connectivity index is 1.77. The molecule has 0 spiro atoms. The zero-order valence-electron chi connectivity index (χ0n) is 12.0. The first-order valence-corrected chi connectivity index (χ1v) is 9.53. The lowest BCUT2D eigenvalue weighted by atomic mass is 10.1. The predicted molar refractivity (Wildman–Crippen MR) is 88.5 cm³/mol. The highest BCUT2D eigenvalue weighted by molar-refractivity contribution is 7.87. The van der Waals surface area contributed by atoms with Crippen molar-refractivity contribution >= 4 is 44.7 Å². The SMILES string of the molecule is O=C(Nc1ccc(F)c(Cl)c1)C1CC(c2nccs2)NS(=O)(=O)N1. The maximum atomic E-state index is 13.2. The standard InChI is InChI=1S/C13H12ClFN4O3S2/c14-8-5-7(1-2-9(8)15)17-12(20)10-6-11(13-16-3-4-23-13)19-24(21,22)18-10/h1-5,10-11,18-19H,6H2,(H,17,20). The molecule has 2 aromatic rings. The van der Waals surface area contributed by atoms with Gasteiger partial charge in [-0.25, -0.2) is 9.37 Å². The number of nitrogens with zero attached hydrogens (tertiary/aromatic N) is 1.